The smallest absolute Gasteiger partial charge is 0.166 e. The molecule has 9 heteroatoms. The van der Waals surface area contributed by atoms with Crippen molar-refractivity contribution in [2.45, 2.75) is 38.7 Å². The summed E-state index contributed by atoms with van der Waals surface area (Å²) < 4.78 is 13.0. The van der Waals surface area contributed by atoms with Gasteiger partial charge in [0.1, 0.15) is 5.82 Å². The van der Waals surface area contributed by atoms with Crippen LogP contribution in [0.3, 0.4) is 0 Å². The molecule has 1 saturated heterocycles. The molecule has 8 nitrogen and oxygen atoms in total. The Labute approximate surface area is 167 Å². The highest BCUT2D eigenvalue weighted by Crippen LogP contribution is 2.31. The number of nitrogens with zero attached hydrogens (tertiary/aromatic N) is 4. The van der Waals surface area contributed by atoms with Gasteiger partial charge in [-0.3, -0.25) is 0 Å². The van der Waals surface area contributed by atoms with Crippen LogP contribution in [0.5, 0.6) is 0 Å². The second kappa shape index (κ2) is 8.00. The second-order valence-electron chi connectivity index (χ2n) is 6.66. The second-order valence-corrected chi connectivity index (χ2v) is 7.10. The van der Waals surface area contributed by atoms with Crippen LogP contribution in [0.2, 0.25) is 5.02 Å². The van der Waals surface area contributed by atoms with Crippen molar-refractivity contribution >= 4 is 34.3 Å². The maximum atomic E-state index is 10.5. The quantitative estimate of drug-likeness (QED) is 0.675. The van der Waals surface area contributed by atoms with Crippen LogP contribution in [0.25, 0.3) is 11.2 Å². The van der Waals surface area contributed by atoms with E-state index in [9.17, 15) is 5.11 Å². The number of nitrogens with one attached hydrogen (secondary N) is 1. The SMILES string of the molecule is CCO[C@@H]1C[C@H](n2cnc3c(Nc4ccc(Cl)cc4)nc(C)nc32)[C@H](O)CO1. The van der Waals surface area contributed by atoms with Gasteiger partial charge in [0.05, 0.1) is 25.1 Å². The van der Waals surface area contributed by atoms with Crippen molar-refractivity contribution in [3.63, 3.8) is 0 Å². The highest BCUT2D eigenvalue weighted by Gasteiger charge is 2.33. The van der Waals surface area contributed by atoms with E-state index < -0.39 is 6.10 Å². The molecule has 0 amide bonds. The molecule has 3 aromatic rings. The minimum atomic E-state index is -0.669. The molecule has 1 aliphatic rings. The number of halogens is 1. The van der Waals surface area contributed by atoms with E-state index in [0.29, 0.717) is 40.9 Å². The fraction of sp³-hybridized carbons (Fsp3) is 0.421. The number of benzene rings is 1. The van der Waals surface area contributed by atoms with E-state index in [-0.39, 0.29) is 18.9 Å². The van der Waals surface area contributed by atoms with E-state index in [1.165, 1.54) is 0 Å². The summed E-state index contributed by atoms with van der Waals surface area (Å²) in [6.07, 6.45) is 1.18. The average Bonchev–Trinajstić information content (AvgIpc) is 3.09. The molecule has 2 N–H and O–H groups in total. The third-order valence-electron chi connectivity index (χ3n) is 4.68. The monoisotopic (exact) mass is 403 g/mol. The van der Waals surface area contributed by atoms with Gasteiger partial charge in [-0.05, 0) is 38.1 Å². The highest BCUT2D eigenvalue weighted by molar-refractivity contribution is 6.30. The zero-order chi connectivity index (χ0) is 19.7. The molecule has 0 saturated carbocycles. The van der Waals surface area contributed by atoms with Crippen LogP contribution in [0.15, 0.2) is 30.6 Å². The lowest BCUT2D eigenvalue weighted by Crippen LogP contribution is -2.39. The van der Waals surface area contributed by atoms with Crippen LogP contribution >= 0.6 is 11.6 Å². The average molecular weight is 404 g/mol. The summed E-state index contributed by atoms with van der Waals surface area (Å²) in [4.78, 5) is 13.6. The van der Waals surface area contributed by atoms with E-state index in [4.69, 9.17) is 21.1 Å². The van der Waals surface area contributed by atoms with Gasteiger partial charge in [0, 0.05) is 23.7 Å². The zero-order valence-corrected chi connectivity index (χ0v) is 16.4. The van der Waals surface area contributed by atoms with Gasteiger partial charge >= 0.3 is 0 Å². The first-order valence-corrected chi connectivity index (χ1v) is 9.58. The number of ether oxygens (including phenoxy) is 2. The Morgan fingerprint density at radius 2 is 2.11 bits per heavy atom. The Kier molecular flexibility index (Phi) is 5.45. The normalized spacial score (nSPS) is 22.5. The lowest BCUT2D eigenvalue weighted by Gasteiger charge is -2.33. The molecule has 1 aromatic carbocycles. The summed E-state index contributed by atoms with van der Waals surface area (Å²) in [5.41, 5.74) is 2.14. The number of hydrogen-bond donors (Lipinski definition) is 2. The van der Waals surface area contributed by atoms with Gasteiger partial charge in [-0.1, -0.05) is 11.6 Å². The van der Waals surface area contributed by atoms with Gasteiger partial charge in [-0.2, -0.15) is 0 Å². The first kappa shape index (κ1) is 19.1. The van der Waals surface area contributed by atoms with E-state index >= 15 is 0 Å². The van der Waals surface area contributed by atoms with Gasteiger partial charge in [0.15, 0.2) is 23.3 Å². The predicted molar refractivity (Wildman–Crippen MR) is 106 cm³/mol. The van der Waals surface area contributed by atoms with Crippen molar-refractivity contribution in [1.82, 2.24) is 19.5 Å². The number of aliphatic hydroxyl groups excluding tert-OH is 1. The van der Waals surface area contributed by atoms with Gasteiger partial charge in [-0.15, -0.1) is 0 Å². The van der Waals surface area contributed by atoms with Crippen LogP contribution in [-0.4, -0.2) is 50.2 Å². The summed E-state index contributed by atoms with van der Waals surface area (Å²) in [6.45, 7) is 4.50. The fourth-order valence-electron chi connectivity index (χ4n) is 3.37. The van der Waals surface area contributed by atoms with Gasteiger partial charge in [0.2, 0.25) is 0 Å². The Balaban J connectivity index is 1.69. The molecule has 3 heterocycles. The molecular weight excluding hydrogens is 382 g/mol. The van der Waals surface area contributed by atoms with Crippen LogP contribution in [0.4, 0.5) is 11.5 Å². The third-order valence-corrected chi connectivity index (χ3v) is 4.93. The Morgan fingerprint density at radius 3 is 2.86 bits per heavy atom. The van der Waals surface area contributed by atoms with Crippen LogP contribution in [0, 0.1) is 6.92 Å². The van der Waals surface area contributed by atoms with Gasteiger partial charge in [-0.25, -0.2) is 15.0 Å². The molecule has 28 heavy (non-hydrogen) atoms. The number of fused-ring (bicyclic) bond motifs is 1. The standard InChI is InChI=1S/C19H22ClN5O3/c1-3-27-16-8-14(15(26)9-28-16)25-10-21-17-18(22-11(2)23-19(17)25)24-13-6-4-12(20)5-7-13/h4-7,10,14-16,26H,3,8-9H2,1-2H3,(H,22,23,24)/t14-,15+,16-/m0/s1. The van der Waals surface area contributed by atoms with Gasteiger partial charge in [0.25, 0.3) is 0 Å². The molecule has 4 rings (SSSR count). The van der Waals surface area contributed by atoms with Crippen molar-refractivity contribution in [3.8, 4) is 0 Å². The minimum Gasteiger partial charge on any atom is -0.389 e. The summed E-state index contributed by atoms with van der Waals surface area (Å²) in [5, 5.41) is 14.4. The van der Waals surface area contributed by atoms with Crippen molar-refractivity contribution in [2.24, 2.45) is 0 Å². The minimum absolute atomic E-state index is 0.203. The molecule has 2 aromatic heterocycles. The fourth-order valence-corrected chi connectivity index (χ4v) is 3.49. The molecule has 0 aliphatic carbocycles. The third kappa shape index (κ3) is 3.81. The molecule has 3 atom stereocenters. The Morgan fingerprint density at radius 1 is 1.32 bits per heavy atom. The molecular formula is C19H22ClN5O3. The van der Waals surface area contributed by atoms with E-state index in [1.54, 1.807) is 18.5 Å². The largest absolute Gasteiger partial charge is 0.389 e. The lowest BCUT2D eigenvalue weighted by atomic mass is 10.1. The van der Waals surface area contributed by atoms with Crippen molar-refractivity contribution in [3.05, 3.63) is 41.4 Å². The van der Waals surface area contributed by atoms with Gasteiger partial charge < -0.3 is 24.5 Å². The van der Waals surface area contributed by atoms with E-state index in [2.05, 4.69) is 20.3 Å². The van der Waals surface area contributed by atoms with Crippen molar-refractivity contribution < 1.29 is 14.6 Å². The molecule has 1 aliphatic heterocycles. The maximum Gasteiger partial charge on any atom is 0.166 e. The van der Waals surface area contributed by atoms with Crippen LogP contribution < -0.4 is 5.32 Å². The zero-order valence-electron chi connectivity index (χ0n) is 15.7. The van der Waals surface area contributed by atoms with Crippen molar-refractivity contribution in [2.75, 3.05) is 18.5 Å². The number of aryl methyl sites for hydroxylation is 1. The Bertz CT molecular complexity index is 962. The van der Waals surface area contributed by atoms with Crippen molar-refractivity contribution in [1.29, 1.82) is 0 Å². The Hall–Kier alpha value is -2.26. The maximum absolute atomic E-state index is 10.5. The molecule has 0 bridgehead atoms. The number of hydrogen-bond acceptors (Lipinski definition) is 7. The summed E-state index contributed by atoms with van der Waals surface area (Å²) in [6, 6.07) is 7.11. The first-order chi connectivity index (χ1) is 13.5. The number of imidazole rings is 1. The topological polar surface area (TPSA) is 94.3 Å². The van der Waals surface area contributed by atoms with E-state index in [1.807, 2.05) is 30.5 Å². The van der Waals surface area contributed by atoms with Crippen LogP contribution in [-0.2, 0) is 9.47 Å². The molecule has 1 fully saturated rings. The summed E-state index contributed by atoms with van der Waals surface area (Å²) >= 11 is 5.96. The number of aliphatic hydroxyl groups is 1. The number of aromatic nitrogens is 4. The lowest BCUT2D eigenvalue weighted by molar-refractivity contribution is -0.197. The van der Waals surface area contributed by atoms with E-state index in [0.717, 1.165) is 5.69 Å². The molecule has 148 valence electrons. The summed E-state index contributed by atoms with van der Waals surface area (Å²) in [5.74, 6) is 1.21. The number of anilines is 2. The molecule has 0 spiro atoms. The summed E-state index contributed by atoms with van der Waals surface area (Å²) in [7, 11) is 0. The number of rotatable bonds is 5. The predicted octanol–water partition coefficient (Wildman–Crippen LogP) is 3.22. The molecule has 0 unspecified atom stereocenters. The first-order valence-electron chi connectivity index (χ1n) is 9.20. The van der Waals surface area contributed by atoms with Crippen LogP contribution in [0.1, 0.15) is 25.2 Å². The molecule has 0 radical (unpaired) electrons. The highest BCUT2D eigenvalue weighted by atomic mass is 35.5.